The predicted molar refractivity (Wildman–Crippen MR) is 146 cm³/mol. The molecule has 3 aromatic carbocycles. The predicted octanol–water partition coefficient (Wildman–Crippen LogP) is 4.91. The van der Waals surface area contributed by atoms with Gasteiger partial charge in [0.05, 0.1) is 25.5 Å². The lowest BCUT2D eigenvalue weighted by Crippen LogP contribution is -2.39. The molecule has 0 amide bonds. The quantitative estimate of drug-likeness (QED) is 0.384. The van der Waals surface area contributed by atoms with Gasteiger partial charge in [0.15, 0.2) is 6.17 Å². The maximum absolute atomic E-state index is 13.2. The van der Waals surface area contributed by atoms with Crippen LogP contribution in [0.1, 0.15) is 18.7 Å². The van der Waals surface area contributed by atoms with Gasteiger partial charge in [-0.15, -0.1) is 5.10 Å². The van der Waals surface area contributed by atoms with Crippen LogP contribution in [0.5, 0.6) is 0 Å². The average Bonchev–Trinajstić information content (AvgIpc) is 3.56. The Morgan fingerprint density at radius 2 is 1.65 bits per heavy atom. The number of carbonyl (C=O) groups is 1. The highest BCUT2D eigenvalue weighted by Crippen LogP contribution is 2.41. The van der Waals surface area contributed by atoms with Crippen LogP contribution in [0, 0.1) is 0 Å². The highest BCUT2D eigenvalue weighted by atomic mass is 16.5. The van der Waals surface area contributed by atoms with Gasteiger partial charge in [0, 0.05) is 47.1 Å². The number of fused-ring (bicyclic) bond motifs is 1. The summed E-state index contributed by atoms with van der Waals surface area (Å²) in [6.45, 7) is 5.24. The third kappa shape index (κ3) is 4.29. The summed E-state index contributed by atoms with van der Waals surface area (Å²) < 4.78 is 11.0. The second kappa shape index (κ2) is 9.99. The number of esters is 1. The van der Waals surface area contributed by atoms with Crippen molar-refractivity contribution in [1.29, 1.82) is 0 Å². The van der Waals surface area contributed by atoms with Crippen molar-refractivity contribution >= 4 is 39.8 Å². The molecule has 0 saturated carbocycles. The van der Waals surface area contributed by atoms with Gasteiger partial charge in [-0.2, -0.15) is 0 Å². The molecule has 0 radical (unpaired) electrons. The fraction of sp³-hybridized carbons (Fsp3) is 0.241. The molecule has 188 valence electrons. The van der Waals surface area contributed by atoms with Crippen LogP contribution < -0.4 is 14.8 Å². The van der Waals surface area contributed by atoms with E-state index in [1.165, 1.54) is 0 Å². The maximum Gasteiger partial charge on any atom is 0.376 e. The standard InChI is InChI=1S/C29H29N5O3/c1-2-37-29(35)27-31-34(23-8-4-3-5-9-23)28(25-20-30-26-11-7-6-10-24(25)26)33(27)22-14-12-21(13-15-22)32-16-18-36-19-17-32/h3-15,20,28,30H,2,16-19H2,1H3. The fourth-order valence-corrected chi connectivity index (χ4v) is 5.03. The summed E-state index contributed by atoms with van der Waals surface area (Å²) >= 11 is 0. The van der Waals surface area contributed by atoms with Crippen molar-refractivity contribution in [3.63, 3.8) is 0 Å². The molecule has 1 N–H and O–H groups in total. The van der Waals surface area contributed by atoms with Gasteiger partial charge in [-0.1, -0.05) is 36.4 Å². The molecule has 3 heterocycles. The van der Waals surface area contributed by atoms with Gasteiger partial charge in [0.1, 0.15) is 0 Å². The van der Waals surface area contributed by atoms with Gasteiger partial charge in [-0.25, -0.2) is 9.80 Å². The number of carbonyl (C=O) groups excluding carboxylic acids is 1. The first-order valence-electron chi connectivity index (χ1n) is 12.6. The van der Waals surface area contributed by atoms with Gasteiger partial charge in [0.2, 0.25) is 5.84 Å². The van der Waals surface area contributed by atoms with E-state index in [9.17, 15) is 4.79 Å². The zero-order chi connectivity index (χ0) is 25.2. The lowest BCUT2D eigenvalue weighted by molar-refractivity contribution is -0.135. The molecule has 2 aliphatic rings. The summed E-state index contributed by atoms with van der Waals surface area (Å²) in [5, 5.41) is 7.83. The van der Waals surface area contributed by atoms with E-state index in [-0.39, 0.29) is 12.4 Å². The lowest BCUT2D eigenvalue weighted by atomic mass is 10.1. The molecule has 1 unspecified atom stereocenters. The van der Waals surface area contributed by atoms with Crippen LogP contribution in [0.4, 0.5) is 17.1 Å². The molecule has 1 fully saturated rings. The zero-order valence-corrected chi connectivity index (χ0v) is 20.7. The number of hydrogen-bond donors (Lipinski definition) is 1. The second-order valence-electron chi connectivity index (χ2n) is 8.97. The number of morpholine rings is 1. The number of H-pyrrole nitrogens is 1. The minimum absolute atomic E-state index is 0.250. The second-order valence-corrected chi connectivity index (χ2v) is 8.97. The van der Waals surface area contributed by atoms with Gasteiger partial charge < -0.3 is 19.4 Å². The molecule has 6 rings (SSSR count). The molecule has 2 aliphatic heterocycles. The van der Waals surface area contributed by atoms with Gasteiger partial charge >= 0.3 is 5.97 Å². The van der Waals surface area contributed by atoms with E-state index in [0.29, 0.717) is 0 Å². The first-order chi connectivity index (χ1) is 18.2. The Balaban J connectivity index is 1.48. The summed E-state index contributed by atoms with van der Waals surface area (Å²) in [6, 6.07) is 26.4. The van der Waals surface area contributed by atoms with Crippen molar-refractivity contribution in [3.05, 3.63) is 90.6 Å². The number of hydrazone groups is 1. The molecular weight excluding hydrogens is 466 g/mol. The minimum Gasteiger partial charge on any atom is -0.460 e. The maximum atomic E-state index is 13.2. The van der Waals surface area contributed by atoms with Crippen molar-refractivity contribution in [1.82, 2.24) is 4.98 Å². The van der Waals surface area contributed by atoms with E-state index in [2.05, 4.69) is 46.3 Å². The molecule has 8 nitrogen and oxygen atoms in total. The highest BCUT2D eigenvalue weighted by molar-refractivity contribution is 6.42. The Morgan fingerprint density at radius 3 is 2.41 bits per heavy atom. The number of hydrogen-bond acceptors (Lipinski definition) is 7. The largest absolute Gasteiger partial charge is 0.460 e. The normalized spacial score (nSPS) is 17.8. The van der Waals surface area contributed by atoms with Crippen LogP contribution in [0.25, 0.3) is 10.9 Å². The zero-order valence-electron chi connectivity index (χ0n) is 20.7. The Morgan fingerprint density at radius 1 is 0.946 bits per heavy atom. The Bertz CT molecular complexity index is 1410. The van der Waals surface area contributed by atoms with Gasteiger partial charge in [-0.3, -0.25) is 4.90 Å². The van der Waals surface area contributed by atoms with Gasteiger partial charge in [0.25, 0.3) is 0 Å². The number of nitrogens with one attached hydrogen (secondary N) is 1. The molecule has 0 bridgehead atoms. The van der Waals surface area contributed by atoms with Crippen LogP contribution in [-0.2, 0) is 14.3 Å². The number of benzene rings is 3. The van der Waals surface area contributed by atoms with Crippen LogP contribution in [-0.4, -0.2) is 49.7 Å². The number of anilines is 3. The van der Waals surface area contributed by atoms with E-state index in [4.69, 9.17) is 14.6 Å². The van der Waals surface area contributed by atoms with Crippen LogP contribution >= 0.6 is 0 Å². The highest BCUT2D eigenvalue weighted by Gasteiger charge is 2.42. The van der Waals surface area contributed by atoms with E-state index in [1.54, 1.807) is 6.92 Å². The minimum atomic E-state index is -0.456. The molecule has 1 atom stereocenters. The summed E-state index contributed by atoms with van der Waals surface area (Å²) in [7, 11) is 0. The van der Waals surface area contributed by atoms with Crippen LogP contribution in [0.2, 0.25) is 0 Å². The van der Waals surface area contributed by atoms with E-state index in [0.717, 1.165) is 59.8 Å². The number of amidine groups is 1. The lowest BCUT2D eigenvalue weighted by Gasteiger charge is -2.32. The Labute approximate surface area is 215 Å². The molecule has 0 aliphatic carbocycles. The summed E-state index contributed by atoms with van der Waals surface area (Å²) in [4.78, 5) is 20.9. The van der Waals surface area contributed by atoms with E-state index in [1.807, 2.05) is 58.6 Å². The molecule has 8 heteroatoms. The smallest absolute Gasteiger partial charge is 0.376 e. The van der Waals surface area contributed by atoms with Crippen molar-refractivity contribution in [3.8, 4) is 0 Å². The molecule has 4 aromatic rings. The number of aromatic amines is 1. The number of nitrogens with zero attached hydrogens (tertiary/aromatic N) is 4. The number of rotatable bonds is 6. The van der Waals surface area contributed by atoms with E-state index >= 15 is 0 Å². The fourth-order valence-electron chi connectivity index (χ4n) is 5.03. The van der Waals surface area contributed by atoms with Crippen LogP contribution in [0.15, 0.2) is 90.2 Å². The Hall–Kier alpha value is -4.30. The SMILES string of the molecule is CCOC(=O)C1=NN(c2ccccc2)C(c2c[nH]c3ccccc23)N1c1ccc(N2CCOCC2)cc1. The summed E-state index contributed by atoms with van der Waals surface area (Å²) in [5.41, 5.74) is 4.91. The molecule has 1 aromatic heterocycles. The van der Waals surface area contributed by atoms with Crippen molar-refractivity contribution < 1.29 is 14.3 Å². The molecule has 37 heavy (non-hydrogen) atoms. The third-order valence-electron chi connectivity index (χ3n) is 6.79. The van der Waals surface area contributed by atoms with E-state index < -0.39 is 12.1 Å². The number of para-hydroxylation sites is 2. The van der Waals surface area contributed by atoms with Crippen molar-refractivity contribution in [2.24, 2.45) is 5.10 Å². The first-order valence-corrected chi connectivity index (χ1v) is 12.6. The molecule has 0 spiro atoms. The monoisotopic (exact) mass is 495 g/mol. The Kier molecular flexibility index (Phi) is 6.24. The summed E-state index contributed by atoms with van der Waals surface area (Å²) in [5.74, 6) is -0.205. The third-order valence-corrected chi connectivity index (χ3v) is 6.79. The summed E-state index contributed by atoms with van der Waals surface area (Å²) in [6.07, 6.45) is 1.61. The molecule has 1 saturated heterocycles. The average molecular weight is 496 g/mol. The van der Waals surface area contributed by atoms with Gasteiger partial charge in [-0.05, 0) is 49.4 Å². The number of ether oxygens (including phenoxy) is 2. The molecular formula is C29H29N5O3. The first kappa shape index (κ1) is 23.1. The van der Waals surface area contributed by atoms with Crippen LogP contribution in [0.3, 0.4) is 0 Å². The number of aromatic nitrogens is 1. The van der Waals surface area contributed by atoms with Crippen molar-refractivity contribution in [2.75, 3.05) is 47.7 Å². The van der Waals surface area contributed by atoms with Crippen molar-refractivity contribution in [2.45, 2.75) is 13.1 Å². The topological polar surface area (TPSA) is 73.4 Å².